The first-order valence-corrected chi connectivity index (χ1v) is 8.95. The Bertz CT molecular complexity index is 821. The lowest BCUT2D eigenvalue weighted by molar-refractivity contribution is 0.912. The van der Waals surface area contributed by atoms with E-state index in [0.717, 1.165) is 18.8 Å². The Morgan fingerprint density at radius 2 is 1.85 bits per heavy atom. The maximum Gasteiger partial charge on any atom is 0.193 e. The minimum absolute atomic E-state index is 0. The third kappa shape index (κ3) is 4.38. The molecule has 0 spiro atoms. The van der Waals surface area contributed by atoms with Gasteiger partial charge in [0, 0.05) is 24.5 Å². The molecule has 0 fully saturated rings. The lowest BCUT2D eigenvalue weighted by Crippen LogP contribution is -2.22. The predicted molar refractivity (Wildman–Crippen MR) is 121 cm³/mol. The minimum Gasteiger partial charge on any atom is -0.370 e. The van der Waals surface area contributed by atoms with Gasteiger partial charge in [-0.25, -0.2) is 4.99 Å². The van der Waals surface area contributed by atoms with Gasteiger partial charge in [0.25, 0.3) is 0 Å². The minimum atomic E-state index is 0. The average Bonchev–Trinajstić information content (AvgIpc) is 3.31. The van der Waals surface area contributed by atoms with E-state index in [9.17, 15) is 0 Å². The number of aryl methyl sites for hydroxylation is 2. The van der Waals surface area contributed by atoms with Crippen LogP contribution in [0.1, 0.15) is 23.1 Å². The van der Waals surface area contributed by atoms with Crippen molar-refractivity contribution < 1.29 is 0 Å². The van der Waals surface area contributed by atoms with Crippen LogP contribution < -0.4 is 16.0 Å². The Balaban J connectivity index is 0.00000196. The van der Waals surface area contributed by atoms with Crippen molar-refractivity contribution in [1.29, 1.82) is 0 Å². The molecule has 0 radical (unpaired) electrons. The molecule has 0 atom stereocenters. The summed E-state index contributed by atoms with van der Waals surface area (Å²) in [7, 11) is 0. The van der Waals surface area contributed by atoms with Gasteiger partial charge >= 0.3 is 0 Å². The molecule has 4 rings (SSSR count). The molecule has 2 aromatic rings. The highest BCUT2D eigenvalue weighted by atomic mass is 127. The van der Waals surface area contributed by atoms with Crippen LogP contribution in [0.15, 0.2) is 59.6 Å². The smallest absolute Gasteiger partial charge is 0.193 e. The number of halogens is 1. The molecule has 3 N–H and O–H groups in total. The Kier molecular flexibility index (Phi) is 6.19. The predicted octanol–water partition coefficient (Wildman–Crippen LogP) is 4.10. The molecule has 26 heavy (non-hydrogen) atoms. The molecule has 4 nitrogen and oxygen atoms in total. The van der Waals surface area contributed by atoms with E-state index in [0.29, 0.717) is 12.5 Å². The lowest BCUT2D eigenvalue weighted by atomic mass is 10.1. The number of fused-ring (bicyclic) bond motifs is 1. The zero-order valence-corrected chi connectivity index (χ0v) is 17.1. The van der Waals surface area contributed by atoms with Gasteiger partial charge < -0.3 is 16.0 Å². The van der Waals surface area contributed by atoms with E-state index in [1.165, 1.54) is 41.6 Å². The van der Waals surface area contributed by atoms with Crippen LogP contribution >= 0.6 is 24.0 Å². The van der Waals surface area contributed by atoms with Gasteiger partial charge in [0.2, 0.25) is 0 Å². The van der Waals surface area contributed by atoms with Gasteiger partial charge in [-0.3, -0.25) is 0 Å². The normalized spacial score (nSPS) is 15.7. The fraction of sp³-hybridized carbons (Fsp3) is 0.286. The summed E-state index contributed by atoms with van der Waals surface area (Å²) in [5.74, 6) is 0.464. The molecule has 0 saturated heterocycles. The zero-order valence-electron chi connectivity index (χ0n) is 14.8. The van der Waals surface area contributed by atoms with Crippen molar-refractivity contribution in [2.24, 2.45) is 10.7 Å². The number of nitrogens with zero attached hydrogens (tertiary/aromatic N) is 2. The molecule has 136 valence electrons. The summed E-state index contributed by atoms with van der Waals surface area (Å²) in [6.07, 6.45) is 8.01. The molecule has 2 aromatic carbocycles. The number of aliphatic imine (C=N–C) groups is 1. The van der Waals surface area contributed by atoms with Crippen molar-refractivity contribution >= 4 is 41.3 Å². The molecule has 1 aliphatic heterocycles. The van der Waals surface area contributed by atoms with E-state index >= 15 is 0 Å². The largest absolute Gasteiger partial charge is 0.370 e. The van der Waals surface area contributed by atoms with Crippen molar-refractivity contribution in [3.63, 3.8) is 0 Å². The Morgan fingerprint density at radius 1 is 1.04 bits per heavy atom. The first-order valence-electron chi connectivity index (χ1n) is 8.95. The molecular formula is C21H25IN4. The second kappa shape index (κ2) is 8.58. The topological polar surface area (TPSA) is 53.6 Å². The van der Waals surface area contributed by atoms with E-state index in [1.807, 2.05) is 0 Å². The number of guanidine groups is 1. The number of rotatable bonds is 4. The van der Waals surface area contributed by atoms with Crippen molar-refractivity contribution in [3.8, 4) is 0 Å². The Morgan fingerprint density at radius 3 is 2.69 bits per heavy atom. The van der Waals surface area contributed by atoms with Crippen LogP contribution in [0.5, 0.6) is 0 Å². The molecule has 0 unspecified atom stereocenters. The van der Waals surface area contributed by atoms with Crippen LogP contribution in [-0.4, -0.2) is 19.0 Å². The van der Waals surface area contributed by atoms with E-state index in [2.05, 4.69) is 69.8 Å². The van der Waals surface area contributed by atoms with Gasteiger partial charge in [-0.15, -0.1) is 24.0 Å². The molecule has 0 aromatic heterocycles. The molecule has 2 aliphatic rings. The van der Waals surface area contributed by atoms with Gasteiger partial charge in [-0.05, 0) is 60.2 Å². The summed E-state index contributed by atoms with van der Waals surface area (Å²) < 4.78 is 0. The first kappa shape index (κ1) is 18.8. The first-order chi connectivity index (χ1) is 12.3. The van der Waals surface area contributed by atoms with Crippen molar-refractivity contribution in [2.75, 3.05) is 23.3 Å². The molecule has 0 saturated carbocycles. The van der Waals surface area contributed by atoms with Crippen LogP contribution in [0.4, 0.5) is 11.4 Å². The number of hydrogen-bond donors (Lipinski definition) is 2. The fourth-order valence-electron chi connectivity index (χ4n) is 3.55. The molecule has 0 bridgehead atoms. The quantitative estimate of drug-likeness (QED) is 0.313. The van der Waals surface area contributed by atoms with E-state index in [-0.39, 0.29) is 24.0 Å². The second-order valence-corrected chi connectivity index (χ2v) is 6.71. The van der Waals surface area contributed by atoms with Crippen LogP contribution in [0.2, 0.25) is 0 Å². The summed E-state index contributed by atoms with van der Waals surface area (Å²) >= 11 is 0. The number of anilines is 2. The molecule has 5 heteroatoms. The van der Waals surface area contributed by atoms with Crippen LogP contribution in [0, 0.1) is 0 Å². The molecule has 1 heterocycles. The SMILES string of the molecule is I.NC(=NCc1cccc(N2CC=CC2)c1)Nc1ccc2c(c1)CCC2. The maximum absolute atomic E-state index is 6.08. The molecule has 0 amide bonds. The summed E-state index contributed by atoms with van der Waals surface area (Å²) in [5, 5.41) is 3.22. The third-order valence-corrected chi connectivity index (χ3v) is 4.90. The number of nitrogens with one attached hydrogen (secondary N) is 1. The molecule has 1 aliphatic carbocycles. The van der Waals surface area contributed by atoms with E-state index in [4.69, 9.17) is 5.73 Å². The van der Waals surface area contributed by atoms with Gasteiger partial charge in [-0.2, -0.15) is 0 Å². The van der Waals surface area contributed by atoms with Crippen molar-refractivity contribution in [1.82, 2.24) is 0 Å². The van der Waals surface area contributed by atoms with Crippen LogP contribution in [-0.2, 0) is 19.4 Å². The lowest BCUT2D eigenvalue weighted by Gasteiger charge is -2.18. The van der Waals surface area contributed by atoms with Gasteiger partial charge in [0.1, 0.15) is 0 Å². The van der Waals surface area contributed by atoms with E-state index in [1.54, 1.807) is 0 Å². The number of nitrogens with two attached hydrogens (primary N) is 1. The number of hydrogen-bond acceptors (Lipinski definition) is 2. The Hall–Kier alpha value is -2.02. The van der Waals surface area contributed by atoms with Crippen LogP contribution in [0.25, 0.3) is 0 Å². The zero-order chi connectivity index (χ0) is 17.1. The van der Waals surface area contributed by atoms with Crippen molar-refractivity contribution in [2.45, 2.75) is 25.8 Å². The standard InChI is InChI=1S/C21H24N4.HI/c22-21(24-19-10-9-17-6-4-7-18(17)14-19)23-15-16-5-3-8-20(13-16)25-11-1-2-12-25;/h1-3,5,8-10,13-14H,4,6-7,11-12,15H2,(H3,22,23,24);1H. The summed E-state index contributed by atoms with van der Waals surface area (Å²) in [6, 6.07) is 15.0. The van der Waals surface area contributed by atoms with Gasteiger partial charge in [0.05, 0.1) is 6.54 Å². The second-order valence-electron chi connectivity index (χ2n) is 6.71. The summed E-state index contributed by atoms with van der Waals surface area (Å²) in [5.41, 5.74) is 12.4. The highest BCUT2D eigenvalue weighted by molar-refractivity contribution is 14.0. The van der Waals surface area contributed by atoms with Gasteiger partial charge in [-0.1, -0.05) is 30.4 Å². The third-order valence-electron chi connectivity index (χ3n) is 4.90. The van der Waals surface area contributed by atoms with Gasteiger partial charge in [0.15, 0.2) is 5.96 Å². The number of benzene rings is 2. The average molecular weight is 460 g/mol. The summed E-state index contributed by atoms with van der Waals surface area (Å²) in [4.78, 5) is 6.83. The highest BCUT2D eigenvalue weighted by Gasteiger charge is 2.11. The molecular weight excluding hydrogens is 435 g/mol. The fourth-order valence-corrected chi connectivity index (χ4v) is 3.55. The van der Waals surface area contributed by atoms with Crippen LogP contribution in [0.3, 0.4) is 0 Å². The monoisotopic (exact) mass is 460 g/mol. The highest BCUT2D eigenvalue weighted by Crippen LogP contribution is 2.25. The van der Waals surface area contributed by atoms with Crippen molar-refractivity contribution in [3.05, 3.63) is 71.3 Å². The summed E-state index contributed by atoms with van der Waals surface area (Å²) in [6.45, 7) is 2.54. The van der Waals surface area contributed by atoms with E-state index < -0.39 is 0 Å². The maximum atomic E-state index is 6.08. The Labute approximate surface area is 172 Å².